The van der Waals surface area contributed by atoms with Crippen LogP contribution >= 0.6 is 11.8 Å². The molecule has 4 unspecified atom stereocenters. The standard InChI is InChI=1S/C26H31N5O6S/c1-3-35-22(33)12-27-25(34)30-20-10-8-19(9-11-20)24-36-21(14-38-26-28-15-29-31-26)16(2)23(37-24)18-6-4-17(13-32)5-7-18/h4-11,15-16,21,23-24,32H,3,12-14H2,1-2H3,(H2,27,30,34)(H,28,29,31). The SMILES string of the molecule is CCOC(=O)CNC(=O)Nc1ccc(C2OC(CSc3ncn[nH]3)C(C)C(c3ccc(CO)cc3)O2)cc1. The summed E-state index contributed by atoms with van der Waals surface area (Å²) in [7, 11) is 0. The number of aliphatic hydroxyl groups is 1. The lowest BCUT2D eigenvalue weighted by Gasteiger charge is -2.41. The molecule has 12 heteroatoms. The largest absolute Gasteiger partial charge is 0.465 e. The van der Waals surface area contributed by atoms with Gasteiger partial charge in [-0.05, 0) is 30.2 Å². The number of urea groups is 1. The average molecular weight is 542 g/mol. The maximum absolute atomic E-state index is 12.1. The fraction of sp³-hybridized carbons (Fsp3) is 0.385. The van der Waals surface area contributed by atoms with E-state index in [1.54, 1.807) is 19.1 Å². The van der Waals surface area contributed by atoms with E-state index in [9.17, 15) is 14.7 Å². The van der Waals surface area contributed by atoms with Gasteiger partial charge < -0.3 is 30.0 Å². The fourth-order valence-electron chi connectivity index (χ4n) is 4.00. The number of aromatic nitrogens is 3. The van der Waals surface area contributed by atoms with Gasteiger partial charge in [0.15, 0.2) is 11.4 Å². The maximum atomic E-state index is 12.1. The summed E-state index contributed by atoms with van der Waals surface area (Å²) in [6.07, 6.45) is 0.435. The Morgan fingerprint density at radius 3 is 2.50 bits per heavy atom. The smallest absolute Gasteiger partial charge is 0.325 e. The van der Waals surface area contributed by atoms with Crippen LogP contribution in [0.4, 0.5) is 10.5 Å². The van der Waals surface area contributed by atoms with Gasteiger partial charge in [-0.15, -0.1) is 0 Å². The predicted molar refractivity (Wildman–Crippen MR) is 140 cm³/mol. The van der Waals surface area contributed by atoms with Crippen molar-refractivity contribution in [1.29, 1.82) is 0 Å². The molecule has 0 saturated carbocycles. The van der Waals surface area contributed by atoms with E-state index in [2.05, 4.69) is 32.7 Å². The molecule has 2 heterocycles. The first-order valence-electron chi connectivity index (χ1n) is 12.3. The first-order chi connectivity index (χ1) is 18.5. The van der Waals surface area contributed by atoms with Crippen molar-refractivity contribution in [3.63, 3.8) is 0 Å². The zero-order chi connectivity index (χ0) is 26.9. The molecule has 1 aliphatic rings. The lowest BCUT2D eigenvalue weighted by molar-refractivity contribution is -0.268. The highest BCUT2D eigenvalue weighted by Crippen LogP contribution is 2.42. The summed E-state index contributed by atoms with van der Waals surface area (Å²) in [6.45, 7) is 3.81. The third-order valence-electron chi connectivity index (χ3n) is 6.04. The normalized spacial score (nSPS) is 21.0. The second-order valence-electron chi connectivity index (χ2n) is 8.66. The van der Waals surface area contributed by atoms with Crippen LogP contribution in [-0.2, 0) is 25.6 Å². The molecule has 1 aromatic heterocycles. The molecule has 202 valence electrons. The van der Waals surface area contributed by atoms with E-state index in [0.717, 1.165) is 16.7 Å². The van der Waals surface area contributed by atoms with E-state index in [1.807, 2.05) is 36.4 Å². The highest BCUT2D eigenvalue weighted by atomic mass is 32.2. The van der Waals surface area contributed by atoms with Crippen molar-refractivity contribution in [3.8, 4) is 0 Å². The average Bonchev–Trinajstić information content (AvgIpc) is 3.46. The Bertz CT molecular complexity index is 1180. The minimum atomic E-state index is -0.638. The number of carbonyl (C=O) groups is 2. The molecule has 2 amide bonds. The monoisotopic (exact) mass is 541 g/mol. The van der Waals surface area contributed by atoms with E-state index in [-0.39, 0.29) is 37.9 Å². The molecule has 11 nitrogen and oxygen atoms in total. The van der Waals surface area contributed by atoms with Crippen LogP contribution in [0.3, 0.4) is 0 Å². The molecule has 0 radical (unpaired) electrons. The molecule has 0 bridgehead atoms. The number of esters is 1. The summed E-state index contributed by atoms with van der Waals surface area (Å²) in [5, 5.41) is 22.0. The Hall–Kier alpha value is -3.45. The van der Waals surface area contributed by atoms with Crippen LogP contribution < -0.4 is 10.6 Å². The number of nitrogens with zero attached hydrogens (tertiary/aromatic N) is 2. The highest BCUT2D eigenvalue weighted by Gasteiger charge is 2.38. The van der Waals surface area contributed by atoms with Gasteiger partial charge in [0.05, 0.1) is 25.4 Å². The Labute approximate surface area is 224 Å². The quantitative estimate of drug-likeness (QED) is 0.223. The lowest BCUT2D eigenvalue weighted by atomic mass is 9.91. The second kappa shape index (κ2) is 13.4. The maximum Gasteiger partial charge on any atom is 0.325 e. The van der Waals surface area contributed by atoms with Gasteiger partial charge in [0.2, 0.25) is 0 Å². The van der Waals surface area contributed by atoms with Crippen molar-refractivity contribution in [1.82, 2.24) is 20.5 Å². The van der Waals surface area contributed by atoms with Gasteiger partial charge in [-0.3, -0.25) is 9.89 Å². The second-order valence-corrected chi connectivity index (χ2v) is 9.67. The molecule has 4 N–H and O–H groups in total. The molecule has 38 heavy (non-hydrogen) atoms. The summed E-state index contributed by atoms with van der Waals surface area (Å²) < 4.78 is 17.6. The van der Waals surface area contributed by atoms with E-state index in [1.165, 1.54) is 18.1 Å². The summed E-state index contributed by atoms with van der Waals surface area (Å²) in [5.41, 5.74) is 3.17. The van der Waals surface area contributed by atoms with E-state index >= 15 is 0 Å². The van der Waals surface area contributed by atoms with Crippen molar-refractivity contribution in [2.24, 2.45) is 5.92 Å². The van der Waals surface area contributed by atoms with E-state index in [4.69, 9.17) is 14.2 Å². The Morgan fingerprint density at radius 1 is 1.11 bits per heavy atom. The summed E-state index contributed by atoms with van der Waals surface area (Å²) in [4.78, 5) is 27.7. The molecule has 4 atom stereocenters. The van der Waals surface area contributed by atoms with Crippen LogP contribution in [0.2, 0.25) is 0 Å². The van der Waals surface area contributed by atoms with Crippen LogP contribution in [0, 0.1) is 5.92 Å². The number of aromatic amines is 1. The van der Waals surface area contributed by atoms with Crippen LogP contribution in [0.5, 0.6) is 0 Å². The van der Waals surface area contributed by atoms with E-state index < -0.39 is 18.3 Å². The van der Waals surface area contributed by atoms with Crippen LogP contribution in [-0.4, -0.2) is 57.3 Å². The van der Waals surface area contributed by atoms with Gasteiger partial charge in [-0.2, -0.15) is 5.10 Å². The minimum Gasteiger partial charge on any atom is -0.465 e. The predicted octanol–water partition coefficient (Wildman–Crippen LogP) is 3.57. The van der Waals surface area contributed by atoms with Crippen LogP contribution in [0.25, 0.3) is 0 Å². The molecular weight excluding hydrogens is 510 g/mol. The molecule has 3 aromatic rings. The molecule has 2 aromatic carbocycles. The van der Waals surface area contributed by atoms with Gasteiger partial charge in [0.1, 0.15) is 12.9 Å². The van der Waals surface area contributed by atoms with Gasteiger partial charge in [-0.25, -0.2) is 9.78 Å². The number of nitrogens with one attached hydrogen (secondary N) is 3. The Kier molecular flexibility index (Phi) is 9.71. The number of hydrogen-bond donors (Lipinski definition) is 4. The van der Waals surface area contributed by atoms with Gasteiger partial charge in [0, 0.05) is 22.9 Å². The number of anilines is 1. The third kappa shape index (κ3) is 7.32. The molecule has 1 fully saturated rings. The Balaban J connectivity index is 1.45. The van der Waals surface area contributed by atoms with Gasteiger partial charge >= 0.3 is 12.0 Å². The molecule has 4 rings (SSSR count). The summed E-state index contributed by atoms with van der Waals surface area (Å²) in [6, 6.07) is 14.3. The van der Waals surface area contributed by atoms with E-state index in [0.29, 0.717) is 16.6 Å². The van der Waals surface area contributed by atoms with Crippen molar-refractivity contribution in [2.75, 3.05) is 24.2 Å². The van der Waals surface area contributed by atoms with Crippen molar-refractivity contribution < 1.29 is 28.9 Å². The third-order valence-corrected chi connectivity index (χ3v) is 7.01. The lowest BCUT2D eigenvalue weighted by Crippen LogP contribution is -2.38. The summed E-state index contributed by atoms with van der Waals surface area (Å²) >= 11 is 1.53. The number of amides is 2. The minimum absolute atomic E-state index is 0.0230. The van der Waals surface area contributed by atoms with Crippen LogP contribution in [0.1, 0.15) is 42.9 Å². The number of hydrogen-bond acceptors (Lipinski definition) is 9. The number of aliphatic hydroxyl groups excluding tert-OH is 1. The summed E-state index contributed by atoms with van der Waals surface area (Å²) in [5.74, 6) is 0.169. The molecule has 1 saturated heterocycles. The zero-order valence-electron chi connectivity index (χ0n) is 21.1. The molecule has 0 spiro atoms. The number of benzene rings is 2. The fourth-order valence-corrected chi connectivity index (χ4v) is 4.94. The molecular formula is C26H31N5O6S. The van der Waals surface area contributed by atoms with Gasteiger partial charge in [-0.1, -0.05) is 55.1 Å². The topological polar surface area (TPSA) is 148 Å². The molecule has 1 aliphatic heterocycles. The first-order valence-corrected chi connectivity index (χ1v) is 13.2. The highest BCUT2D eigenvalue weighted by molar-refractivity contribution is 7.99. The zero-order valence-corrected chi connectivity index (χ0v) is 21.9. The number of carbonyl (C=O) groups excluding carboxylic acids is 2. The Morgan fingerprint density at radius 2 is 1.84 bits per heavy atom. The number of rotatable bonds is 10. The van der Waals surface area contributed by atoms with Gasteiger partial charge in [0.25, 0.3) is 0 Å². The number of ether oxygens (including phenoxy) is 3. The first kappa shape index (κ1) is 27.6. The van der Waals surface area contributed by atoms with Crippen molar-refractivity contribution in [2.45, 2.75) is 44.1 Å². The van der Waals surface area contributed by atoms with Crippen molar-refractivity contribution in [3.05, 3.63) is 71.5 Å². The number of H-pyrrole nitrogens is 1. The van der Waals surface area contributed by atoms with Crippen molar-refractivity contribution >= 4 is 29.4 Å². The number of thioether (sulfide) groups is 1. The molecule has 0 aliphatic carbocycles. The van der Waals surface area contributed by atoms with Crippen LogP contribution in [0.15, 0.2) is 60.0 Å².